The minimum atomic E-state index is -0.277. The van der Waals surface area contributed by atoms with Crippen molar-refractivity contribution in [2.24, 2.45) is 0 Å². The van der Waals surface area contributed by atoms with Gasteiger partial charge in [0.2, 0.25) is 0 Å². The van der Waals surface area contributed by atoms with E-state index in [1.54, 1.807) is 6.07 Å². The summed E-state index contributed by atoms with van der Waals surface area (Å²) in [6.07, 6.45) is 5.37. The van der Waals surface area contributed by atoms with Crippen molar-refractivity contribution in [1.82, 2.24) is 4.98 Å². The van der Waals surface area contributed by atoms with Gasteiger partial charge in [-0.05, 0) is 37.3 Å². The highest BCUT2D eigenvalue weighted by Gasteiger charge is 2.16. The molecule has 1 aliphatic carbocycles. The van der Waals surface area contributed by atoms with Gasteiger partial charge in [0.1, 0.15) is 11.3 Å². The third-order valence-electron chi connectivity index (χ3n) is 3.54. The summed E-state index contributed by atoms with van der Waals surface area (Å²) in [6, 6.07) is 4.99. The smallest absolute Gasteiger partial charge is 0.149 e. The summed E-state index contributed by atoms with van der Waals surface area (Å²) >= 11 is 0. The van der Waals surface area contributed by atoms with Crippen molar-refractivity contribution < 1.29 is 4.39 Å². The standard InChI is InChI=1S/C14H15FN2/c15-11-7-4-6-10-13(16)9-5-2-1-3-8-12(9)17-14(10)11/h4,6-7H,1-3,5,8H2,(H2,16,17). The van der Waals surface area contributed by atoms with E-state index in [0.717, 1.165) is 48.0 Å². The van der Waals surface area contributed by atoms with E-state index in [1.165, 1.54) is 12.5 Å². The lowest BCUT2D eigenvalue weighted by molar-refractivity contribution is 0.636. The number of hydrogen-bond donors (Lipinski definition) is 1. The van der Waals surface area contributed by atoms with Crippen LogP contribution in [0.15, 0.2) is 18.2 Å². The largest absolute Gasteiger partial charge is 0.398 e. The van der Waals surface area contributed by atoms with E-state index in [0.29, 0.717) is 5.52 Å². The average molecular weight is 230 g/mol. The molecule has 0 radical (unpaired) electrons. The first-order chi connectivity index (χ1) is 8.27. The highest BCUT2D eigenvalue weighted by molar-refractivity contribution is 5.92. The molecule has 1 aromatic heterocycles. The van der Waals surface area contributed by atoms with Crippen LogP contribution in [0.2, 0.25) is 0 Å². The fraction of sp³-hybridized carbons (Fsp3) is 0.357. The Morgan fingerprint density at radius 1 is 1.12 bits per heavy atom. The van der Waals surface area contributed by atoms with Crippen LogP contribution in [0.3, 0.4) is 0 Å². The first-order valence-corrected chi connectivity index (χ1v) is 6.13. The zero-order chi connectivity index (χ0) is 11.8. The van der Waals surface area contributed by atoms with Gasteiger partial charge in [-0.3, -0.25) is 0 Å². The Labute approximate surface area is 99.7 Å². The number of pyridine rings is 1. The van der Waals surface area contributed by atoms with E-state index in [9.17, 15) is 4.39 Å². The zero-order valence-corrected chi connectivity index (χ0v) is 9.67. The summed E-state index contributed by atoms with van der Waals surface area (Å²) in [4.78, 5) is 4.48. The van der Waals surface area contributed by atoms with Crippen molar-refractivity contribution in [3.63, 3.8) is 0 Å². The molecule has 17 heavy (non-hydrogen) atoms. The van der Waals surface area contributed by atoms with E-state index in [2.05, 4.69) is 4.98 Å². The monoisotopic (exact) mass is 230 g/mol. The van der Waals surface area contributed by atoms with Crippen molar-refractivity contribution in [3.05, 3.63) is 35.3 Å². The Kier molecular flexibility index (Phi) is 2.46. The summed E-state index contributed by atoms with van der Waals surface area (Å²) in [5, 5.41) is 0.755. The molecule has 2 nitrogen and oxygen atoms in total. The summed E-state index contributed by atoms with van der Waals surface area (Å²) in [6.45, 7) is 0. The summed E-state index contributed by atoms with van der Waals surface area (Å²) < 4.78 is 13.7. The molecule has 88 valence electrons. The van der Waals surface area contributed by atoms with E-state index in [-0.39, 0.29) is 5.82 Å². The third-order valence-corrected chi connectivity index (χ3v) is 3.54. The Balaban J connectivity index is 2.33. The fourth-order valence-electron chi connectivity index (χ4n) is 2.62. The molecule has 0 saturated carbocycles. The average Bonchev–Trinajstić information content (AvgIpc) is 2.56. The summed E-state index contributed by atoms with van der Waals surface area (Å²) in [5.41, 5.74) is 9.46. The van der Waals surface area contributed by atoms with E-state index in [1.807, 2.05) is 6.07 Å². The summed E-state index contributed by atoms with van der Waals surface area (Å²) in [7, 11) is 0. The maximum atomic E-state index is 13.7. The molecule has 0 fully saturated rings. The summed E-state index contributed by atoms with van der Waals surface area (Å²) in [5.74, 6) is -0.277. The highest BCUT2D eigenvalue weighted by Crippen LogP contribution is 2.31. The van der Waals surface area contributed by atoms with Crippen molar-refractivity contribution in [2.45, 2.75) is 32.1 Å². The SMILES string of the molecule is Nc1c2c(nc3c(F)cccc13)CCCCC2. The predicted molar refractivity (Wildman–Crippen MR) is 67.4 cm³/mol. The van der Waals surface area contributed by atoms with Gasteiger partial charge in [0.25, 0.3) is 0 Å². The number of anilines is 1. The first kappa shape index (κ1) is 10.5. The van der Waals surface area contributed by atoms with Crippen molar-refractivity contribution in [2.75, 3.05) is 5.73 Å². The number of nitrogen functional groups attached to an aromatic ring is 1. The maximum Gasteiger partial charge on any atom is 0.149 e. The normalized spacial score (nSPS) is 15.6. The lowest BCUT2D eigenvalue weighted by Gasteiger charge is -2.12. The van der Waals surface area contributed by atoms with Gasteiger partial charge < -0.3 is 5.73 Å². The molecule has 1 heterocycles. The molecular formula is C14H15FN2. The number of rotatable bonds is 0. The lowest BCUT2D eigenvalue weighted by atomic mass is 10.0. The molecule has 0 unspecified atom stereocenters. The first-order valence-electron chi connectivity index (χ1n) is 6.13. The van der Waals surface area contributed by atoms with E-state index in [4.69, 9.17) is 5.73 Å². The van der Waals surface area contributed by atoms with Gasteiger partial charge in [-0.2, -0.15) is 0 Å². The molecule has 1 aromatic carbocycles. The predicted octanol–water partition coefficient (Wildman–Crippen LogP) is 3.23. The van der Waals surface area contributed by atoms with E-state index >= 15 is 0 Å². The second kappa shape index (κ2) is 3.99. The number of hydrogen-bond acceptors (Lipinski definition) is 2. The molecular weight excluding hydrogens is 215 g/mol. The Hall–Kier alpha value is -1.64. The molecule has 0 spiro atoms. The number of benzene rings is 1. The number of para-hydroxylation sites is 1. The molecule has 0 bridgehead atoms. The van der Waals surface area contributed by atoms with Gasteiger partial charge in [-0.25, -0.2) is 9.37 Å². The zero-order valence-electron chi connectivity index (χ0n) is 9.67. The molecule has 0 saturated heterocycles. The number of halogens is 1. The quantitative estimate of drug-likeness (QED) is 0.706. The maximum absolute atomic E-state index is 13.7. The molecule has 2 aromatic rings. The molecule has 0 atom stereocenters. The van der Waals surface area contributed by atoms with Crippen molar-refractivity contribution >= 4 is 16.6 Å². The second-order valence-electron chi connectivity index (χ2n) is 4.65. The van der Waals surface area contributed by atoms with Gasteiger partial charge >= 0.3 is 0 Å². The van der Waals surface area contributed by atoms with E-state index < -0.39 is 0 Å². The molecule has 2 N–H and O–H groups in total. The minimum Gasteiger partial charge on any atom is -0.398 e. The molecule has 1 aliphatic rings. The van der Waals surface area contributed by atoms with Crippen LogP contribution in [0.1, 0.15) is 30.5 Å². The van der Waals surface area contributed by atoms with Gasteiger partial charge in [0.15, 0.2) is 0 Å². The van der Waals surface area contributed by atoms with Gasteiger partial charge in [-0.1, -0.05) is 18.6 Å². The van der Waals surface area contributed by atoms with Crippen LogP contribution in [0.25, 0.3) is 10.9 Å². The fourth-order valence-corrected chi connectivity index (χ4v) is 2.62. The Morgan fingerprint density at radius 2 is 1.94 bits per heavy atom. The topological polar surface area (TPSA) is 38.9 Å². The van der Waals surface area contributed by atoms with Crippen molar-refractivity contribution in [3.8, 4) is 0 Å². The van der Waals surface area contributed by atoms with Crippen LogP contribution in [-0.2, 0) is 12.8 Å². The minimum absolute atomic E-state index is 0.277. The molecule has 3 heteroatoms. The molecule has 3 rings (SSSR count). The van der Waals surface area contributed by atoms with Gasteiger partial charge in [-0.15, -0.1) is 0 Å². The third kappa shape index (κ3) is 1.66. The number of fused-ring (bicyclic) bond motifs is 2. The Bertz CT molecular complexity index is 578. The van der Waals surface area contributed by atoms with Crippen LogP contribution < -0.4 is 5.73 Å². The van der Waals surface area contributed by atoms with Crippen LogP contribution in [0.4, 0.5) is 10.1 Å². The number of nitrogens with two attached hydrogens (primary N) is 1. The van der Waals surface area contributed by atoms with Crippen LogP contribution >= 0.6 is 0 Å². The van der Waals surface area contributed by atoms with Gasteiger partial charge in [0.05, 0.1) is 0 Å². The second-order valence-corrected chi connectivity index (χ2v) is 4.65. The molecule has 0 amide bonds. The van der Waals surface area contributed by atoms with Crippen LogP contribution in [-0.4, -0.2) is 4.98 Å². The highest BCUT2D eigenvalue weighted by atomic mass is 19.1. The van der Waals surface area contributed by atoms with Crippen molar-refractivity contribution in [1.29, 1.82) is 0 Å². The Morgan fingerprint density at radius 3 is 2.82 bits per heavy atom. The molecule has 0 aliphatic heterocycles. The van der Waals surface area contributed by atoms with Gasteiger partial charge in [0, 0.05) is 16.8 Å². The number of aromatic nitrogens is 1. The lowest BCUT2D eigenvalue weighted by Crippen LogP contribution is -2.03. The van der Waals surface area contributed by atoms with Crippen LogP contribution in [0, 0.1) is 5.82 Å². The number of nitrogens with zero attached hydrogens (tertiary/aromatic N) is 1. The number of aryl methyl sites for hydroxylation is 1. The van der Waals surface area contributed by atoms with Crippen LogP contribution in [0.5, 0.6) is 0 Å².